The molecular formula is C21H29N3O3S. The van der Waals surface area contributed by atoms with Gasteiger partial charge in [-0.2, -0.15) is 0 Å². The van der Waals surface area contributed by atoms with Crippen LogP contribution in [-0.4, -0.2) is 48.4 Å². The van der Waals surface area contributed by atoms with Crippen LogP contribution >= 0.6 is 0 Å². The molecule has 0 radical (unpaired) electrons. The summed E-state index contributed by atoms with van der Waals surface area (Å²) in [5.41, 5.74) is 2.23. The van der Waals surface area contributed by atoms with Crippen molar-refractivity contribution in [3.63, 3.8) is 0 Å². The molecule has 2 fully saturated rings. The summed E-state index contributed by atoms with van der Waals surface area (Å²) in [5.74, 6) is 0.757. The van der Waals surface area contributed by atoms with Gasteiger partial charge in [0.1, 0.15) is 0 Å². The highest BCUT2D eigenvalue weighted by Gasteiger charge is 2.27. The van der Waals surface area contributed by atoms with Crippen LogP contribution in [0, 0.1) is 5.92 Å². The number of imidazole rings is 1. The van der Waals surface area contributed by atoms with Crippen molar-refractivity contribution >= 4 is 9.84 Å². The summed E-state index contributed by atoms with van der Waals surface area (Å²) in [4.78, 5) is 6.70. The van der Waals surface area contributed by atoms with Gasteiger partial charge >= 0.3 is 0 Å². The van der Waals surface area contributed by atoms with E-state index in [1.165, 1.54) is 24.7 Å². The SMILES string of the molecule is CS(=O)(=O)c1ncc(CN(Cc2ccccc2)CC2CC2)n1CC1CCCO1. The van der Waals surface area contributed by atoms with Crippen LogP contribution in [0.4, 0.5) is 0 Å². The fraction of sp³-hybridized carbons (Fsp3) is 0.571. The number of aromatic nitrogens is 2. The van der Waals surface area contributed by atoms with E-state index in [9.17, 15) is 8.42 Å². The van der Waals surface area contributed by atoms with Crippen LogP contribution in [-0.2, 0) is 34.2 Å². The number of nitrogens with zero attached hydrogens (tertiary/aromatic N) is 3. The molecule has 28 heavy (non-hydrogen) atoms. The quantitative estimate of drug-likeness (QED) is 0.644. The Hall–Kier alpha value is -1.70. The standard InChI is InChI=1S/C21H29N3O3S/c1-28(25,26)21-22-12-19(24(21)16-20-8-5-11-27-20)15-23(14-18-9-10-18)13-17-6-3-2-4-7-17/h2-4,6-7,12,18,20H,5,8-11,13-16H2,1H3. The van der Waals surface area contributed by atoms with E-state index in [0.29, 0.717) is 13.1 Å². The van der Waals surface area contributed by atoms with Crippen molar-refractivity contribution in [2.24, 2.45) is 5.92 Å². The first-order valence-electron chi connectivity index (χ1n) is 10.1. The van der Waals surface area contributed by atoms with E-state index >= 15 is 0 Å². The maximum absolute atomic E-state index is 12.3. The molecule has 0 bridgehead atoms. The van der Waals surface area contributed by atoms with Gasteiger partial charge in [0.2, 0.25) is 15.0 Å². The molecule has 2 aromatic rings. The lowest BCUT2D eigenvalue weighted by Crippen LogP contribution is -2.28. The van der Waals surface area contributed by atoms with Crippen molar-refractivity contribution in [1.82, 2.24) is 14.5 Å². The highest BCUT2D eigenvalue weighted by Crippen LogP contribution is 2.31. The summed E-state index contributed by atoms with van der Waals surface area (Å²) in [7, 11) is -3.38. The van der Waals surface area contributed by atoms with E-state index in [0.717, 1.165) is 44.1 Å². The summed E-state index contributed by atoms with van der Waals surface area (Å²) in [6.07, 6.45) is 7.61. The molecule has 1 saturated carbocycles. The molecule has 1 unspecified atom stereocenters. The van der Waals surface area contributed by atoms with Gasteiger partial charge in [-0.1, -0.05) is 30.3 Å². The Bertz CT molecular complexity index is 885. The van der Waals surface area contributed by atoms with Crippen LogP contribution in [0.15, 0.2) is 41.7 Å². The second-order valence-corrected chi connectivity index (χ2v) is 10.1. The molecule has 1 saturated heterocycles. The van der Waals surface area contributed by atoms with Crippen molar-refractivity contribution < 1.29 is 13.2 Å². The van der Waals surface area contributed by atoms with Crippen LogP contribution in [0.1, 0.15) is 36.9 Å². The number of benzene rings is 1. The molecule has 1 aliphatic heterocycles. The first-order valence-corrected chi connectivity index (χ1v) is 12.0. The molecule has 2 aliphatic rings. The van der Waals surface area contributed by atoms with Gasteiger partial charge in [-0.3, -0.25) is 4.90 Å². The molecule has 6 nitrogen and oxygen atoms in total. The van der Waals surface area contributed by atoms with Crippen molar-refractivity contribution in [3.05, 3.63) is 47.8 Å². The smallest absolute Gasteiger partial charge is 0.227 e. The molecule has 1 aromatic carbocycles. The average Bonchev–Trinajstić information content (AvgIpc) is 3.14. The number of hydrogen-bond acceptors (Lipinski definition) is 5. The molecule has 1 aromatic heterocycles. The first-order chi connectivity index (χ1) is 13.5. The van der Waals surface area contributed by atoms with E-state index in [1.54, 1.807) is 6.20 Å². The Kier molecular flexibility index (Phi) is 5.85. The molecule has 152 valence electrons. The third-order valence-electron chi connectivity index (χ3n) is 5.49. The Morgan fingerprint density at radius 3 is 2.61 bits per heavy atom. The van der Waals surface area contributed by atoms with E-state index in [-0.39, 0.29) is 11.3 Å². The summed E-state index contributed by atoms with van der Waals surface area (Å²) in [6.45, 7) is 3.90. The molecule has 2 heterocycles. The van der Waals surface area contributed by atoms with Crippen molar-refractivity contribution in [1.29, 1.82) is 0 Å². The van der Waals surface area contributed by atoms with E-state index in [2.05, 4.69) is 34.1 Å². The van der Waals surface area contributed by atoms with Crippen molar-refractivity contribution in [2.75, 3.05) is 19.4 Å². The molecule has 1 atom stereocenters. The third-order valence-corrected chi connectivity index (χ3v) is 6.48. The van der Waals surface area contributed by atoms with Gasteiger partial charge in [0.25, 0.3) is 0 Å². The molecule has 4 rings (SSSR count). The Labute approximate surface area is 167 Å². The van der Waals surface area contributed by atoms with E-state index in [4.69, 9.17) is 4.74 Å². The molecule has 7 heteroatoms. The van der Waals surface area contributed by atoms with Crippen LogP contribution in [0.25, 0.3) is 0 Å². The number of sulfone groups is 1. The third kappa shape index (κ3) is 5.01. The summed E-state index contributed by atoms with van der Waals surface area (Å²) >= 11 is 0. The second kappa shape index (κ2) is 8.35. The fourth-order valence-electron chi connectivity index (χ4n) is 3.92. The maximum Gasteiger partial charge on any atom is 0.227 e. The number of rotatable bonds is 9. The lowest BCUT2D eigenvalue weighted by atomic mass is 10.2. The van der Waals surface area contributed by atoms with Gasteiger partial charge in [0, 0.05) is 32.5 Å². The predicted molar refractivity (Wildman–Crippen MR) is 108 cm³/mol. The van der Waals surface area contributed by atoms with Gasteiger partial charge in [-0.15, -0.1) is 0 Å². The predicted octanol–water partition coefficient (Wildman–Crippen LogP) is 2.88. The van der Waals surface area contributed by atoms with Crippen LogP contribution in [0.5, 0.6) is 0 Å². The zero-order valence-corrected chi connectivity index (χ0v) is 17.3. The lowest BCUT2D eigenvalue weighted by Gasteiger charge is -2.24. The fourth-order valence-corrected chi connectivity index (χ4v) is 4.76. The second-order valence-electron chi connectivity index (χ2n) is 8.15. The van der Waals surface area contributed by atoms with Crippen LogP contribution < -0.4 is 0 Å². The minimum atomic E-state index is -3.38. The Morgan fingerprint density at radius 1 is 1.18 bits per heavy atom. The normalized spacial score (nSPS) is 20.1. The van der Waals surface area contributed by atoms with Crippen LogP contribution in [0.2, 0.25) is 0 Å². The summed E-state index contributed by atoms with van der Waals surface area (Å²) in [6, 6.07) is 10.4. The number of ether oxygens (including phenoxy) is 1. The van der Waals surface area contributed by atoms with Crippen LogP contribution in [0.3, 0.4) is 0 Å². The molecule has 0 N–H and O–H groups in total. The highest BCUT2D eigenvalue weighted by atomic mass is 32.2. The molecule has 0 amide bonds. The minimum absolute atomic E-state index is 0.0689. The van der Waals surface area contributed by atoms with Crippen molar-refractivity contribution in [2.45, 2.75) is 56.6 Å². The molecule has 1 aliphatic carbocycles. The lowest BCUT2D eigenvalue weighted by molar-refractivity contribution is 0.0931. The average molecular weight is 404 g/mol. The van der Waals surface area contributed by atoms with Crippen molar-refractivity contribution in [3.8, 4) is 0 Å². The van der Waals surface area contributed by atoms with Gasteiger partial charge < -0.3 is 9.30 Å². The zero-order valence-electron chi connectivity index (χ0n) is 16.5. The molecular weight excluding hydrogens is 374 g/mol. The topological polar surface area (TPSA) is 64.4 Å². The highest BCUT2D eigenvalue weighted by molar-refractivity contribution is 7.90. The molecule has 0 spiro atoms. The largest absolute Gasteiger partial charge is 0.376 e. The Balaban J connectivity index is 1.57. The summed E-state index contributed by atoms with van der Waals surface area (Å²) in [5, 5.41) is 0.157. The number of hydrogen-bond donors (Lipinski definition) is 0. The zero-order chi connectivity index (χ0) is 19.6. The van der Waals surface area contributed by atoms with E-state index in [1.807, 2.05) is 10.6 Å². The monoisotopic (exact) mass is 403 g/mol. The first kappa shape index (κ1) is 19.6. The van der Waals surface area contributed by atoms with Gasteiger partial charge in [-0.25, -0.2) is 13.4 Å². The van der Waals surface area contributed by atoms with Gasteiger partial charge in [0.05, 0.1) is 24.5 Å². The minimum Gasteiger partial charge on any atom is -0.376 e. The Morgan fingerprint density at radius 2 is 1.96 bits per heavy atom. The maximum atomic E-state index is 12.3. The van der Waals surface area contributed by atoms with E-state index < -0.39 is 9.84 Å². The summed E-state index contributed by atoms with van der Waals surface area (Å²) < 4.78 is 32.2. The van der Waals surface area contributed by atoms with Gasteiger partial charge in [-0.05, 0) is 37.2 Å². The van der Waals surface area contributed by atoms with Gasteiger partial charge in [0.15, 0.2) is 0 Å².